The van der Waals surface area contributed by atoms with E-state index in [1.807, 2.05) is 0 Å². The lowest BCUT2D eigenvalue weighted by Gasteiger charge is -2.14. The predicted molar refractivity (Wildman–Crippen MR) is 71.0 cm³/mol. The van der Waals surface area contributed by atoms with Crippen LogP contribution in [0, 0.1) is 0 Å². The molecule has 1 N–H and O–H groups in total. The molecule has 110 valence electrons. The Bertz CT molecular complexity index is 459. The summed E-state index contributed by atoms with van der Waals surface area (Å²) >= 11 is 0. The average Bonchev–Trinajstić information content (AvgIpc) is 2.85. The fourth-order valence-corrected chi connectivity index (χ4v) is 1.36. The van der Waals surface area contributed by atoms with Crippen molar-refractivity contribution in [3.05, 3.63) is 17.9 Å². The van der Waals surface area contributed by atoms with Crippen LogP contribution in [0.25, 0.3) is 0 Å². The molecule has 0 amide bonds. The Labute approximate surface area is 117 Å². The second kappa shape index (κ2) is 7.71. The van der Waals surface area contributed by atoms with Gasteiger partial charge < -0.3 is 18.8 Å². The summed E-state index contributed by atoms with van der Waals surface area (Å²) in [6.45, 7) is 1.39. The number of aliphatic hydroxyl groups is 1. The molecule has 0 aliphatic carbocycles. The molecular formula is C12H18BNO6. The van der Waals surface area contributed by atoms with Gasteiger partial charge in [-0.05, 0) is 26.2 Å². The summed E-state index contributed by atoms with van der Waals surface area (Å²) in [4.78, 5) is 24.6. The van der Waals surface area contributed by atoms with Gasteiger partial charge in [-0.25, -0.2) is 0 Å². The van der Waals surface area contributed by atoms with Gasteiger partial charge in [0.05, 0.1) is 6.54 Å². The minimum absolute atomic E-state index is 0.0493. The molecule has 20 heavy (non-hydrogen) atoms. The van der Waals surface area contributed by atoms with Gasteiger partial charge in [0.25, 0.3) is 5.97 Å². The van der Waals surface area contributed by atoms with Crippen LogP contribution in [0.5, 0.6) is 0 Å². The Hall–Kier alpha value is -1.80. The first-order chi connectivity index (χ1) is 9.46. The van der Waals surface area contributed by atoms with E-state index in [1.54, 1.807) is 25.9 Å². The first-order valence-electron chi connectivity index (χ1n) is 6.19. The zero-order valence-electron chi connectivity index (χ0n) is 11.8. The number of furan rings is 1. The van der Waals surface area contributed by atoms with Crippen molar-refractivity contribution in [1.82, 2.24) is 4.90 Å². The Morgan fingerprint density at radius 2 is 1.95 bits per heavy atom. The smallest absolute Gasteiger partial charge is 0.493 e. The van der Waals surface area contributed by atoms with Crippen LogP contribution >= 0.6 is 0 Å². The first kappa shape index (κ1) is 16.3. The highest BCUT2D eigenvalue weighted by atomic mass is 16.6. The van der Waals surface area contributed by atoms with Crippen LogP contribution < -0.4 is 5.66 Å². The summed E-state index contributed by atoms with van der Waals surface area (Å²) in [5.74, 6) is -0.776. The molecule has 0 aromatic carbocycles. The molecule has 1 heterocycles. The second-order valence-electron chi connectivity index (χ2n) is 4.37. The lowest BCUT2D eigenvalue weighted by atomic mass is 9.86. The molecule has 1 aromatic rings. The van der Waals surface area contributed by atoms with Crippen LogP contribution in [-0.2, 0) is 25.5 Å². The summed E-state index contributed by atoms with van der Waals surface area (Å²) in [6.07, 6.45) is 0.148. The van der Waals surface area contributed by atoms with E-state index in [1.165, 1.54) is 12.1 Å². The Kier molecular flexibility index (Phi) is 6.27. The van der Waals surface area contributed by atoms with E-state index in [2.05, 4.69) is 0 Å². The summed E-state index contributed by atoms with van der Waals surface area (Å²) in [5, 5.41) is 8.95. The molecule has 0 aliphatic heterocycles. The van der Waals surface area contributed by atoms with Crippen LogP contribution in [0.2, 0.25) is 0 Å². The molecule has 0 bridgehead atoms. The highest BCUT2D eigenvalue weighted by Gasteiger charge is 2.34. The maximum absolute atomic E-state index is 11.6. The lowest BCUT2D eigenvalue weighted by Crippen LogP contribution is -2.41. The van der Waals surface area contributed by atoms with E-state index in [9.17, 15) is 9.59 Å². The SMILES string of the molecule is CCC(=O)OB(OC(=O)CN(C)C)c1ccc(CO)o1. The van der Waals surface area contributed by atoms with Gasteiger partial charge in [0.2, 0.25) is 0 Å². The van der Waals surface area contributed by atoms with Crippen molar-refractivity contribution in [3.8, 4) is 0 Å². The predicted octanol–water partition coefficient (Wildman–Crippen LogP) is -0.475. The number of likely N-dealkylation sites (N-methyl/N-ethyl adjacent to an activating group) is 1. The summed E-state index contributed by atoms with van der Waals surface area (Å²) < 4.78 is 15.3. The van der Waals surface area contributed by atoms with Crippen LogP contribution in [0.3, 0.4) is 0 Å². The van der Waals surface area contributed by atoms with Crippen molar-refractivity contribution >= 4 is 24.7 Å². The molecule has 7 nitrogen and oxygen atoms in total. The summed E-state index contributed by atoms with van der Waals surface area (Å²) in [6, 6.07) is 3.00. The zero-order chi connectivity index (χ0) is 15.1. The zero-order valence-corrected chi connectivity index (χ0v) is 11.8. The highest BCUT2D eigenvalue weighted by molar-refractivity contribution is 6.63. The van der Waals surface area contributed by atoms with E-state index >= 15 is 0 Å². The molecule has 0 radical (unpaired) electrons. The number of hydrogen-bond donors (Lipinski definition) is 1. The van der Waals surface area contributed by atoms with Crippen LogP contribution in [0.1, 0.15) is 19.1 Å². The molecule has 0 saturated carbocycles. The average molecular weight is 283 g/mol. The van der Waals surface area contributed by atoms with E-state index in [-0.39, 0.29) is 25.2 Å². The van der Waals surface area contributed by atoms with Gasteiger partial charge in [0, 0.05) is 6.42 Å². The maximum Gasteiger partial charge on any atom is 0.674 e. The van der Waals surface area contributed by atoms with Gasteiger partial charge in [-0.15, -0.1) is 0 Å². The van der Waals surface area contributed by atoms with Crippen molar-refractivity contribution in [1.29, 1.82) is 0 Å². The molecule has 0 atom stereocenters. The van der Waals surface area contributed by atoms with Crippen LogP contribution in [0.4, 0.5) is 0 Å². The Morgan fingerprint density at radius 1 is 1.30 bits per heavy atom. The number of carbonyl (C=O) groups excluding carboxylic acids is 2. The molecule has 1 rings (SSSR count). The van der Waals surface area contributed by atoms with Crippen molar-refractivity contribution in [2.45, 2.75) is 20.0 Å². The number of carbonyl (C=O) groups is 2. The van der Waals surface area contributed by atoms with Crippen molar-refractivity contribution in [2.75, 3.05) is 20.6 Å². The summed E-state index contributed by atoms with van der Waals surface area (Å²) in [7, 11) is 2.19. The molecule has 8 heteroatoms. The minimum Gasteiger partial charge on any atom is -0.493 e. The maximum atomic E-state index is 11.6. The molecule has 1 aromatic heterocycles. The van der Waals surface area contributed by atoms with Gasteiger partial charge >= 0.3 is 13.1 Å². The number of nitrogens with zero attached hydrogens (tertiary/aromatic N) is 1. The van der Waals surface area contributed by atoms with Crippen LogP contribution in [-0.4, -0.2) is 49.7 Å². The Balaban J connectivity index is 2.79. The first-order valence-corrected chi connectivity index (χ1v) is 6.19. The molecule has 0 saturated heterocycles. The van der Waals surface area contributed by atoms with Gasteiger partial charge in [0.1, 0.15) is 12.4 Å². The minimum atomic E-state index is -1.24. The third-order valence-corrected chi connectivity index (χ3v) is 2.28. The van der Waals surface area contributed by atoms with Gasteiger partial charge in [0.15, 0.2) is 5.66 Å². The van der Waals surface area contributed by atoms with Gasteiger partial charge in [-0.3, -0.25) is 14.5 Å². The third kappa shape index (κ3) is 5.06. The third-order valence-electron chi connectivity index (χ3n) is 2.28. The fourth-order valence-electron chi connectivity index (χ4n) is 1.36. The number of aliphatic hydroxyl groups excluding tert-OH is 1. The normalized spacial score (nSPS) is 10.4. The van der Waals surface area contributed by atoms with Crippen molar-refractivity contribution in [2.24, 2.45) is 0 Å². The Morgan fingerprint density at radius 3 is 2.45 bits per heavy atom. The van der Waals surface area contributed by atoms with Gasteiger partial charge in [-0.1, -0.05) is 6.92 Å². The van der Waals surface area contributed by atoms with E-state index < -0.39 is 19.1 Å². The standard InChI is InChI=1S/C12H18BNO6/c1-4-11(16)19-13(20-12(17)7-14(2)3)10-6-5-9(8-15)18-10/h5-6,15H,4,7-8H2,1-3H3. The monoisotopic (exact) mass is 283 g/mol. The number of rotatable bonds is 7. The van der Waals surface area contributed by atoms with Crippen molar-refractivity contribution < 1.29 is 28.4 Å². The van der Waals surface area contributed by atoms with E-state index in [0.717, 1.165) is 0 Å². The summed E-state index contributed by atoms with van der Waals surface area (Å²) in [5.41, 5.74) is 0.156. The molecule has 0 fully saturated rings. The van der Waals surface area contributed by atoms with E-state index in [4.69, 9.17) is 18.8 Å². The number of hydrogen-bond acceptors (Lipinski definition) is 7. The molecule has 0 aliphatic rings. The highest BCUT2D eigenvalue weighted by Crippen LogP contribution is 2.03. The van der Waals surface area contributed by atoms with Gasteiger partial charge in [-0.2, -0.15) is 0 Å². The van der Waals surface area contributed by atoms with Crippen LogP contribution in [0.15, 0.2) is 16.5 Å². The fraction of sp³-hybridized carbons (Fsp3) is 0.500. The molecular weight excluding hydrogens is 265 g/mol. The van der Waals surface area contributed by atoms with E-state index in [0.29, 0.717) is 5.76 Å². The second-order valence-corrected chi connectivity index (χ2v) is 4.37. The largest absolute Gasteiger partial charge is 0.674 e. The quantitative estimate of drug-likeness (QED) is 0.676. The van der Waals surface area contributed by atoms with Crippen molar-refractivity contribution in [3.63, 3.8) is 0 Å². The molecule has 0 spiro atoms. The molecule has 0 unspecified atom stereocenters. The lowest BCUT2D eigenvalue weighted by molar-refractivity contribution is -0.140. The topological polar surface area (TPSA) is 89.2 Å².